The van der Waals surface area contributed by atoms with Crippen molar-refractivity contribution in [1.82, 2.24) is 29.3 Å². The van der Waals surface area contributed by atoms with Crippen molar-refractivity contribution in [2.24, 2.45) is 7.05 Å². The number of nitrogens with zero attached hydrogens (tertiary/aromatic N) is 5. The molecule has 4 aromatic rings. The Balaban J connectivity index is 2.01. The molecule has 1 N–H and O–H groups in total. The molecule has 0 atom stereocenters. The Bertz CT molecular complexity index is 1010. The summed E-state index contributed by atoms with van der Waals surface area (Å²) in [6, 6.07) is 13.7. The van der Waals surface area contributed by atoms with Gasteiger partial charge in [-0.05, 0) is 36.5 Å². The zero-order valence-electron chi connectivity index (χ0n) is 11.8. The molecule has 4 rings (SSSR count). The molecule has 108 valence electrons. The van der Waals surface area contributed by atoms with Crippen LogP contribution in [-0.4, -0.2) is 29.3 Å². The maximum Gasteiger partial charge on any atom is 0.203 e. The smallest absolute Gasteiger partial charge is 0.203 e. The van der Waals surface area contributed by atoms with Crippen molar-refractivity contribution in [3.8, 4) is 17.3 Å². The van der Waals surface area contributed by atoms with Gasteiger partial charge < -0.3 is 4.57 Å². The molecular formula is C15H12N6S. The standard InChI is InChI=1S/C15H12N6S/c1-20-11-8-5-9-16-12(11)17-13(20)14-18-19-15(22)21(14)10-6-3-2-4-7-10/h2-9H,1H3,(H,19,22). The van der Waals surface area contributed by atoms with Crippen molar-refractivity contribution in [3.63, 3.8) is 0 Å². The van der Waals surface area contributed by atoms with Gasteiger partial charge in [0.15, 0.2) is 16.2 Å². The van der Waals surface area contributed by atoms with Crippen LogP contribution in [0.1, 0.15) is 0 Å². The number of hydrogen-bond acceptors (Lipinski definition) is 4. The Morgan fingerprint density at radius 3 is 2.64 bits per heavy atom. The second-order valence-electron chi connectivity index (χ2n) is 4.86. The fraction of sp³-hybridized carbons (Fsp3) is 0.0667. The topological polar surface area (TPSA) is 64.3 Å². The van der Waals surface area contributed by atoms with Crippen molar-refractivity contribution in [2.75, 3.05) is 0 Å². The van der Waals surface area contributed by atoms with Crippen LogP contribution in [0.5, 0.6) is 0 Å². The zero-order valence-corrected chi connectivity index (χ0v) is 12.6. The van der Waals surface area contributed by atoms with Gasteiger partial charge in [-0.2, -0.15) is 5.10 Å². The number of para-hydroxylation sites is 1. The van der Waals surface area contributed by atoms with Gasteiger partial charge in [-0.15, -0.1) is 0 Å². The van der Waals surface area contributed by atoms with Crippen molar-refractivity contribution < 1.29 is 0 Å². The fourth-order valence-corrected chi connectivity index (χ4v) is 2.73. The van der Waals surface area contributed by atoms with Gasteiger partial charge in [0.25, 0.3) is 0 Å². The van der Waals surface area contributed by atoms with Crippen molar-refractivity contribution >= 4 is 23.4 Å². The molecule has 0 aliphatic heterocycles. The quantitative estimate of drug-likeness (QED) is 0.578. The molecule has 6 nitrogen and oxygen atoms in total. The normalized spacial score (nSPS) is 11.1. The molecule has 0 amide bonds. The van der Waals surface area contributed by atoms with Gasteiger partial charge in [0.05, 0.1) is 11.2 Å². The van der Waals surface area contributed by atoms with E-state index >= 15 is 0 Å². The van der Waals surface area contributed by atoms with Crippen molar-refractivity contribution in [3.05, 3.63) is 53.4 Å². The van der Waals surface area contributed by atoms with Crippen LogP contribution in [0.15, 0.2) is 48.7 Å². The van der Waals surface area contributed by atoms with E-state index in [-0.39, 0.29) is 0 Å². The van der Waals surface area contributed by atoms with Gasteiger partial charge in [0.2, 0.25) is 5.82 Å². The summed E-state index contributed by atoms with van der Waals surface area (Å²) in [6.07, 6.45) is 1.73. The van der Waals surface area contributed by atoms with Crippen LogP contribution >= 0.6 is 12.2 Å². The summed E-state index contributed by atoms with van der Waals surface area (Å²) in [5, 5.41) is 7.20. The van der Waals surface area contributed by atoms with Crippen LogP contribution < -0.4 is 0 Å². The predicted molar refractivity (Wildman–Crippen MR) is 86.3 cm³/mol. The summed E-state index contributed by atoms with van der Waals surface area (Å²) in [5.41, 5.74) is 2.58. The molecule has 22 heavy (non-hydrogen) atoms. The number of aryl methyl sites for hydroxylation is 1. The second kappa shape index (κ2) is 4.88. The molecule has 3 heterocycles. The lowest BCUT2D eigenvalue weighted by atomic mass is 10.3. The number of fused-ring (bicyclic) bond motifs is 1. The lowest BCUT2D eigenvalue weighted by Gasteiger charge is -2.06. The summed E-state index contributed by atoms with van der Waals surface area (Å²) in [5.74, 6) is 1.38. The summed E-state index contributed by atoms with van der Waals surface area (Å²) < 4.78 is 4.37. The minimum Gasteiger partial charge on any atom is -0.323 e. The first-order valence-electron chi connectivity index (χ1n) is 6.76. The number of H-pyrrole nitrogens is 1. The van der Waals surface area contributed by atoms with Crippen LogP contribution in [-0.2, 0) is 7.05 Å². The first-order valence-corrected chi connectivity index (χ1v) is 7.17. The second-order valence-corrected chi connectivity index (χ2v) is 5.25. The Labute approximate surface area is 131 Å². The average Bonchev–Trinajstić information content (AvgIpc) is 3.09. The molecule has 3 aromatic heterocycles. The molecule has 0 radical (unpaired) electrons. The van der Waals surface area contributed by atoms with Gasteiger partial charge in [-0.3, -0.25) is 9.67 Å². The number of imidazole rings is 1. The number of pyridine rings is 1. The van der Waals surface area contributed by atoms with E-state index in [9.17, 15) is 0 Å². The van der Waals surface area contributed by atoms with E-state index in [1.807, 2.05) is 58.6 Å². The molecule has 0 saturated carbocycles. The van der Waals surface area contributed by atoms with E-state index in [2.05, 4.69) is 20.2 Å². The van der Waals surface area contributed by atoms with Crippen molar-refractivity contribution in [2.45, 2.75) is 0 Å². The fourth-order valence-electron chi connectivity index (χ4n) is 2.49. The van der Waals surface area contributed by atoms with Crippen LogP contribution in [0, 0.1) is 4.77 Å². The Morgan fingerprint density at radius 2 is 1.86 bits per heavy atom. The van der Waals surface area contributed by atoms with E-state index in [1.165, 1.54) is 0 Å². The highest BCUT2D eigenvalue weighted by Gasteiger charge is 2.17. The van der Waals surface area contributed by atoms with E-state index in [1.54, 1.807) is 6.20 Å². The monoisotopic (exact) mass is 308 g/mol. The van der Waals surface area contributed by atoms with E-state index in [0.29, 0.717) is 22.1 Å². The molecular weight excluding hydrogens is 296 g/mol. The SMILES string of the molecule is Cn1c(-c2n[nH]c(=S)n2-c2ccccc2)nc2ncccc21. The third-order valence-electron chi connectivity index (χ3n) is 3.54. The number of hydrogen-bond donors (Lipinski definition) is 1. The number of aromatic amines is 1. The molecule has 0 saturated heterocycles. The van der Waals surface area contributed by atoms with Gasteiger partial charge in [0.1, 0.15) is 0 Å². The molecule has 7 heteroatoms. The van der Waals surface area contributed by atoms with E-state index in [4.69, 9.17) is 12.2 Å². The summed E-state index contributed by atoms with van der Waals surface area (Å²) >= 11 is 5.37. The Hall–Kier alpha value is -2.80. The van der Waals surface area contributed by atoms with Crippen LogP contribution in [0.4, 0.5) is 0 Å². The lowest BCUT2D eigenvalue weighted by Crippen LogP contribution is -2.02. The Morgan fingerprint density at radius 1 is 1.05 bits per heavy atom. The summed E-state index contributed by atoms with van der Waals surface area (Å²) in [6.45, 7) is 0. The summed E-state index contributed by atoms with van der Waals surface area (Å²) in [4.78, 5) is 8.88. The minimum atomic E-state index is 0.529. The number of benzene rings is 1. The first kappa shape index (κ1) is 12.9. The molecule has 0 unspecified atom stereocenters. The summed E-state index contributed by atoms with van der Waals surface area (Å²) in [7, 11) is 1.94. The molecule has 0 fully saturated rings. The molecule has 0 bridgehead atoms. The van der Waals surface area contributed by atoms with Gasteiger partial charge in [-0.25, -0.2) is 9.97 Å². The van der Waals surface area contributed by atoms with Gasteiger partial charge >= 0.3 is 0 Å². The number of aromatic nitrogens is 6. The van der Waals surface area contributed by atoms with Crippen LogP contribution in [0.25, 0.3) is 28.5 Å². The minimum absolute atomic E-state index is 0.529. The predicted octanol–water partition coefficient (Wildman–Crippen LogP) is 2.88. The van der Waals surface area contributed by atoms with E-state index in [0.717, 1.165) is 11.2 Å². The first-order chi connectivity index (χ1) is 10.8. The maximum atomic E-state index is 5.37. The van der Waals surface area contributed by atoms with Crippen LogP contribution in [0.3, 0.4) is 0 Å². The van der Waals surface area contributed by atoms with Gasteiger partial charge in [0, 0.05) is 13.2 Å². The number of nitrogens with one attached hydrogen (secondary N) is 1. The third-order valence-corrected chi connectivity index (χ3v) is 3.82. The van der Waals surface area contributed by atoms with Crippen molar-refractivity contribution in [1.29, 1.82) is 0 Å². The number of rotatable bonds is 2. The maximum absolute atomic E-state index is 5.37. The lowest BCUT2D eigenvalue weighted by molar-refractivity contribution is 0.919. The third kappa shape index (κ3) is 1.86. The van der Waals surface area contributed by atoms with Crippen LogP contribution in [0.2, 0.25) is 0 Å². The highest BCUT2D eigenvalue weighted by atomic mass is 32.1. The highest BCUT2D eigenvalue weighted by Crippen LogP contribution is 2.23. The highest BCUT2D eigenvalue weighted by molar-refractivity contribution is 7.71. The average molecular weight is 308 g/mol. The molecule has 1 aromatic carbocycles. The largest absolute Gasteiger partial charge is 0.323 e. The van der Waals surface area contributed by atoms with Gasteiger partial charge in [-0.1, -0.05) is 18.2 Å². The Kier molecular flexibility index (Phi) is 2.87. The molecule has 0 aliphatic rings. The zero-order chi connectivity index (χ0) is 15.1. The van der Waals surface area contributed by atoms with E-state index < -0.39 is 0 Å². The molecule has 0 spiro atoms. The molecule has 0 aliphatic carbocycles.